The van der Waals surface area contributed by atoms with Crippen LogP contribution in [0.1, 0.15) is 44.6 Å². The molecule has 2 atom stereocenters. The molecule has 2 aromatic rings. The number of hydrogen-bond donors (Lipinski definition) is 1. The highest BCUT2D eigenvalue weighted by molar-refractivity contribution is 7.13. The van der Waals surface area contributed by atoms with E-state index in [1.165, 1.54) is 17.7 Å². The van der Waals surface area contributed by atoms with Crippen LogP contribution in [0.5, 0.6) is 0 Å². The average Bonchev–Trinajstić information content (AvgIpc) is 3.26. The molecule has 0 unspecified atom stereocenters. The first-order chi connectivity index (χ1) is 12.3. The predicted octanol–water partition coefficient (Wildman–Crippen LogP) is 3.53. The highest BCUT2D eigenvalue weighted by Crippen LogP contribution is 2.30. The van der Waals surface area contributed by atoms with Gasteiger partial charge in [0, 0.05) is 12.6 Å². The maximum absolute atomic E-state index is 13.0. The lowest BCUT2D eigenvalue weighted by molar-refractivity contribution is 0.0485. The van der Waals surface area contributed by atoms with Crippen LogP contribution in [0.15, 0.2) is 28.3 Å². The smallest absolute Gasteiger partial charge is 0.407 e. The summed E-state index contributed by atoms with van der Waals surface area (Å²) in [5, 5.41) is 4.78. The van der Waals surface area contributed by atoms with Gasteiger partial charge in [0.15, 0.2) is 17.8 Å². The quantitative estimate of drug-likeness (QED) is 0.884. The number of ether oxygens (including phenoxy) is 1. The molecular weight excluding hydrogens is 354 g/mol. The summed E-state index contributed by atoms with van der Waals surface area (Å²) in [5.41, 5.74) is -0.255. The van der Waals surface area contributed by atoms with E-state index in [0.29, 0.717) is 24.4 Å². The third-order valence-electron chi connectivity index (χ3n) is 4.23. The van der Waals surface area contributed by atoms with E-state index < -0.39 is 11.7 Å². The number of oxazole rings is 1. The van der Waals surface area contributed by atoms with Crippen LogP contribution in [0.2, 0.25) is 0 Å². The minimum absolute atomic E-state index is 0.161. The van der Waals surface area contributed by atoms with Crippen LogP contribution >= 0.6 is 11.3 Å². The fourth-order valence-corrected chi connectivity index (χ4v) is 3.71. The second-order valence-corrected chi connectivity index (χ2v) is 8.24. The molecule has 1 aliphatic heterocycles. The van der Waals surface area contributed by atoms with Gasteiger partial charge in [0.2, 0.25) is 0 Å². The summed E-state index contributed by atoms with van der Waals surface area (Å²) in [6.45, 7) is 7.90. The Labute approximate surface area is 156 Å². The zero-order valence-electron chi connectivity index (χ0n) is 15.3. The van der Waals surface area contributed by atoms with Gasteiger partial charge in [-0.1, -0.05) is 6.07 Å². The molecule has 2 aromatic heterocycles. The molecule has 140 valence electrons. The number of carbonyl (C=O) groups is 2. The Hall–Kier alpha value is -2.35. The largest absolute Gasteiger partial charge is 0.444 e. The van der Waals surface area contributed by atoms with Gasteiger partial charge in [-0.05, 0) is 45.6 Å². The molecule has 26 heavy (non-hydrogen) atoms. The Morgan fingerprint density at radius 2 is 2.19 bits per heavy atom. The maximum atomic E-state index is 13.0. The van der Waals surface area contributed by atoms with Gasteiger partial charge in [0.1, 0.15) is 5.60 Å². The molecule has 1 fully saturated rings. The first-order valence-corrected chi connectivity index (χ1v) is 9.42. The molecule has 0 aromatic carbocycles. The van der Waals surface area contributed by atoms with E-state index in [2.05, 4.69) is 10.3 Å². The minimum atomic E-state index is -0.558. The topological polar surface area (TPSA) is 84.7 Å². The van der Waals surface area contributed by atoms with Crippen molar-refractivity contribution < 1.29 is 18.7 Å². The maximum Gasteiger partial charge on any atom is 0.407 e. The molecule has 3 heterocycles. The number of carbonyl (C=O) groups excluding carboxylic acids is 2. The van der Waals surface area contributed by atoms with Crippen LogP contribution in [0.25, 0.3) is 10.6 Å². The highest BCUT2D eigenvalue weighted by Gasteiger charge is 2.37. The fourth-order valence-electron chi connectivity index (χ4n) is 3.00. The number of hydrogen-bond acceptors (Lipinski definition) is 6. The summed E-state index contributed by atoms with van der Waals surface area (Å²) >= 11 is 1.49. The molecule has 1 aliphatic rings. The van der Waals surface area contributed by atoms with Crippen molar-refractivity contribution in [1.29, 1.82) is 0 Å². The molecule has 3 rings (SSSR count). The van der Waals surface area contributed by atoms with Gasteiger partial charge in [-0.2, -0.15) is 0 Å². The number of alkyl carbamates (subject to hydrolysis) is 1. The molecule has 2 amide bonds. The number of rotatable bonds is 3. The molecule has 1 saturated heterocycles. The zero-order chi connectivity index (χ0) is 18.9. The average molecular weight is 377 g/mol. The van der Waals surface area contributed by atoms with Crippen LogP contribution in [-0.2, 0) is 4.74 Å². The van der Waals surface area contributed by atoms with Crippen molar-refractivity contribution in [3.05, 3.63) is 29.6 Å². The van der Waals surface area contributed by atoms with E-state index >= 15 is 0 Å². The van der Waals surface area contributed by atoms with E-state index in [0.717, 1.165) is 4.88 Å². The van der Waals surface area contributed by atoms with Crippen LogP contribution in [0.3, 0.4) is 0 Å². The van der Waals surface area contributed by atoms with E-state index in [1.807, 2.05) is 45.2 Å². The number of likely N-dealkylation sites (tertiary alicyclic amines) is 1. The molecule has 0 bridgehead atoms. The van der Waals surface area contributed by atoms with Crippen molar-refractivity contribution in [3.8, 4) is 10.6 Å². The van der Waals surface area contributed by atoms with Crippen LogP contribution in [0, 0.1) is 0 Å². The number of nitrogens with one attached hydrogen (secondary N) is 1. The lowest BCUT2D eigenvalue weighted by atomic mass is 10.1. The number of nitrogens with zero attached hydrogens (tertiary/aromatic N) is 2. The van der Waals surface area contributed by atoms with Crippen molar-refractivity contribution in [2.24, 2.45) is 0 Å². The van der Waals surface area contributed by atoms with Gasteiger partial charge >= 0.3 is 6.09 Å². The number of aromatic nitrogens is 1. The predicted molar refractivity (Wildman–Crippen MR) is 98.1 cm³/mol. The molecule has 1 N–H and O–H groups in total. The molecule has 8 heteroatoms. The summed E-state index contributed by atoms with van der Waals surface area (Å²) in [5.74, 6) is 0.295. The van der Waals surface area contributed by atoms with Gasteiger partial charge in [-0.15, -0.1) is 11.3 Å². The zero-order valence-corrected chi connectivity index (χ0v) is 16.1. The van der Waals surface area contributed by atoms with E-state index in [1.54, 1.807) is 4.90 Å². The third kappa shape index (κ3) is 3.90. The van der Waals surface area contributed by atoms with Gasteiger partial charge in [-0.25, -0.2) is 9.78 Å². The Morgan fingerprint density at radius 3 is 2.85 bits per heavy atom. The Kier molecular flexibility index (Phi) is 5.04. The lowest BCUT2D eigenvalue weighted by Crippen LogP contribution is -2.46. The highest BCUT2D eigenvalue weighted by atomic mass is 32.1. The summed E-state index contributed by atoms with van der Waals surface area (Å²) in [6, 6.07) is 3.46. The minimum Gasteiger partial charge on any atom is -0.444 e. The molecule has 0 spiro atoms. The van der Waals surface area contributed by atoms with Crippen molar-refractivity contribution in [1.82, 2.24) is 15.2 Å². The van der Waals surface area contributed by atoms with E-state index in [9.17, 15) is 9.59 Å². The molecule has 0 aliphatic carbocycles. The molecule has 7 nitrogen and oxygen atoms in total. The van der Waals surface area contributed by atoms with Gasteiger partial charge in [0.05, 0.1) is 10.9 Å². The monoisotopic (exact) mass is 377 g/mol. The normalized spacial score (nSPS) is 20.2. The van der Waals surface area contributed by atoms with Crippen molar-refractivity contribution >= 4 is 23.3 Å². The summed E-state index contributed by atoms with van der Waals surface area (Å²) in [4.78, 5) is 31.7. The van der Waals surface area contributed by atoms with E-state index in [4.69, 9.17) is 9.15 Å². The summed E-state index contributed by atoms with van der Waals surface area (Å²) in [7, 11) is 0. The first-order valence-electron chi connectivity index (χ1n) is 8.54. The van der Waals surface area contributed by atoms with Crippen molar-refractivity contribution in [2.45, 2.75) is 51.8 Å². The third-order valence-corrected chi connectivity index (χ3v) is 5.10. The lowest BCUT2D eigenvalue weighted by Gasteiger charge is -2.26. The standard InChI is InChI=1S/C18H23N3O4S/c1-11-12(20-17(23)25-18(2,3)4)7-8-21(11)16(22)14-15(24-10-19-14)13-6-5-9-26-13/h5-6,9-12H,7-8H2,1-4H3,(H,20,23)/t11-,12-/m0/s1. The summed E-state index contributed by atoms with van der Waals surface area (Å²) in [6.07, 6.45) is 1.49. The Balaban J connectivity index is 1.69. The van der Waals surface area contributed by atoms with Crippen LogP contribution in [0.4, 0.5) is 4.79 Å². The molecular formula is C18H23N3O4S. The van der Waals surface area contributed by atoms with Gasteiger partial charge in [-0.3, -0.25) is 4.79 Å². The van der Waals surface area contributed by atoms with Crippen molar-refractivity contribution in [3.63, 3.8) is 0 Å². The van der Waals surface area contributed by atoms with Crippen LogP contribution < -0.4 is 5.32 Å². The van der Waals surface area contributed by atoms with Crippen molar-refractivity contribution in [2.75, 3.05) is 6.54 Å². The first kappa shape index (κ1) is 18.4. The summed E-state index contributed by atoms with van der Waals surface area (Å²) < 4.78 is 10.7. The fraction of sp³-hybridized carbons (Fsp3) is 0.500. The Bertz CT molecular complexity index is 779. The Morgan fingerprint density at radius 1 is 1.42 bits per heavy atom. The number of amides is 2. The van der Waals surface area contributed by atoms with E-state index in [-0.39, 0.29) is 18.0 Å². The van der Waals surface area contributed by atoms with Crippen LogP contribution in [-0.4, -0.2) is 46.1 Å². The second-order valence-electron chi connectivity index (χ2n) is 7.29. The van der Waals surface area contributed by atoms with Gasteiger partial charge < -0.3 is 19.4 Å². The number of thiophene rings is 1. The second kappa shape index (κ2) is 7.11. The van der Waals surface area contributed by atoms with Gasteiger partial charge in [0.25, 0.3) is 5.91 Å². The molecule has 0 radical (unpaired) electrons. The molecule has 0 saturated carbocycles. The SMILES string of the molecule is C[C@H]1[C@@H](NC(=O)OC(C)(C)C)CCN1C(=O)c1ncoc1-c1cccs1.